The summed E-state index contributed by atoms with van der Waals surface area (Å²) in [4.78, 5) is 67.0. The Morgan fingerprint density at radius 2 is 1.65 bits per heavy atom. The van der Waals surface area contributed by atoms with E-state index >= 15 is 4.79 Å². The van der Waals surface area contributed by atoms with Crippen LogP contribution in [0.3, 0.4) is 0 Å². The van der Waals surface area contributed by atoms with Gasteiger partial charge in [0.15, 0.2) is 29.6 Å². The number of fused-ring (bicyclic) bond motifs is 7. The van der Waals surface area contributed by atoms with Crippen LogP contribution in [0.4, 0.5) is 0 Å². The van der Waals surface area contributed by atoms with Gasteiger partial charge in [-0.1, -0.05) is 33.3 Å². The van der Waals surface area contributed by atoms with Gasteiger partial charge < -0.3 is 23.4 Å². The van der Waals surface area contributed by atoms with E-state index in [1.807, 2.05) is 26.8 Å². The molecule has 1 N–H and O–H groups in total. The first-order valence-corrected chi connectivity index (χ1v) is 19.7. The van der Waals surface area contributed by atoms with Gasteiger partial charge in [0.05, 0.1) is 23.5 Å². The molecular formula is C42H56N2O10. The minimum Gasteiger partial charge on any atom is -0.481 e. The Balaban J connectivity index is 1.31. The maximum Gasteiger partial charge on any atom is 0.519 e. The van der Waals surface area contributed by atoms with Gasteiger partial charge in [0, 0.05) is 11.6 Å². The van der Waals surface area contributed by atoms with Crippen molar-refractivity contribution in [3.05, 3.63) is 51.2 Å². The van der Waals surface area contributed by atoms with E-state index in [2.05, 4.69) is 27.7 Å². The molecule has 0 radical (unpaired) electrons. The van der Waals surface area contributed by atoms with Crippen LogP contribution in [0.1, 0.15) is 140 Å². The van der Waals surface area contributed by atoms with Crippen LogP contribution in [0.25, 0.3) is 0 Å². The van der Waals surface area contributed by atoms with Gasteiger partial charge in [0.2, 0.25) is 0 Å². The number of carbonyl (C=O) groups is 4. The molecule has 2 aromatic heterocycles. The number of nitrogens with zero attached hydrogens (tertiary/aromatic N) is 2. The third-order valence-corrected chi connectivity index (χ3v) is 16.0. The fourth-order valence-corrected chi connectivity index (χ4v) is 12.6. The standard InChI is InChI=1S/C42H56N2O10/c1-10-51-33(46)27-19-23(2)44(43-27)31-12-13-39(6)30(42(31,9)35(49)52-22-29-24(3)53-36(50)54-29)11-14-41(8)32(39)28(45)20-25-26-21-38(5,34(47)48)16-15-37(26,4)17-18-40(25,41)7/h19-20,26,30-32H,10-18,21-22H2,1-9H3,(H,47,48)/t26-,30?,31-,32+,37+,38-,39-,40+,41+,42-/m0/s1. The molecular weight excluding hydrogens is 692 g/mol. The number of rotatable bonds is 7. The highest BCUT2D eigenvalue weighted by Gasteiger charge is 2.72. The molecule has 1 unspecified atom stereocenters. The van der Waals surface area contributed by atoms with Crippen molar-refractivity contribution in [3.63, 3.8) is 0 Å². The highest BCUT2D eigenvalue weighted by molar-refractivity contribution is 5.96. The summed E-state index contributed by atoms with van der Waals surface area (Å²) in [5.74, 6) is -2.99. The monoisotopic (exact) mass is 748 g/mol. The average Bonchev–Trinajstić information content (AvgIpc) is 3.64. The lowest BCUT2D eigenvalue weighted by molar-refractivity contribution is -0.209. The van der Waals surface area contributed by atoms with Crippen LogP contribution < -0.4 is 5.82 Å². The molecule has 2 aromatic rings. The van der Waals surface area contributed by atoms with Crippen molar-refractivity contribution in [2.75, 3.05) is 6.61 Å². The van der Waals surface area contributed by atoms with Crippen molar-refractivity contribution in [3.8, 4) is 0 Å². The van der Waals surface area contributed by atoms with E-state index < -0.39 is 57.4 Å². The minimum absolute atomic E-state index is 0.00264. The van der Waals surface area contributed by atoms with Crippen LogP contribution in [-0.2, 0) is 30.5 Å². The summed E-state index contributed by atoms with van der Waals surface area (Å²) in [6.07, 6.45) is 8.22. The maximum absolute atomic E-state index is 15.0. The Morgan fingerprint density at radius 1 is 0.944 bits per heavy atom. The van der Waals surface area contributed by atoms with E-state index in [0.717, 1.165) is 24.8 Å². The lowest BCUT2D eigenvalue weighted by Crippen LogP contribution is -2.67. The van der Waals surface area contributed by atoms with Crippen LogP contribution in [0, 0.1) is 64.1 Å². The van der Waals surface area contributed by atoms with E-state index in [4.69, 9.17) is 23.4 Å². The van der Waals surface area contributed by atoms with Crippen LogP contribution in [-0.4, -0.2) is 45.2 Å². The molecule has 0 aromatic carbocycles. The highest BCUT2D eigenvalue weighted by atomic mass is 16.6. The van der Waals surface area contributed by atoms with E-state index in [1.54, 1.807) is 24.6 Å². The second kappa shape index (κ2) is 12.5. The first kappa shape index (κ1) is 38.3. The van der Waals surface area contributed by atoms with Crippen LogP contribution in [0.5, 0.6) is 0 Å². The van der Waals surface area contributed by atoms with Crippen molar-refractivity contribution in [2.24, 2.45) is 50.2 Å². The highest BCUT2D eigenvalue weighted by Crippen LogP contribution is 2.76. The van der Waals surface area contributed by atoms with Gasteiger partial charge in [-0.05, 0) is 138 Å². The molecule has 0 spiro atoms. The van der Waals surface area contributed by atoms with Gasteiger partial charge in [0.1, 0.15) is 0 Å². The predicted molar refractivity (Wildman–Crippen MR) is 195 cm³/mol. The van der Waals surface area contributed by atoms with Gasteiger partial charge in [-0.25, -0.2) is 9.59 Å². The van der Waals surface area contributed by atoms with Gasteiger partial charge in [-0.2, -0.15) is 5.10 Å². The summed E-state index contributed by atoms with van der Waals surface area (Å²) in [6, 6.07) is 1.16. The van der Waals surface area contributed by atoms with Crippen LogP contribution in [0.2, 0.25) is 0 Å². The fourth-order valence-electron chi connectivity index (χ4n) is 12.6. The average molecular weight is 749 g/mol. The molecule has 10 atom stereocenters. The van der Waals surface area contributed by atoms with Crippen molar-refractivity contribution < 1.29 is 42.6 Å². The number of allylic oxidation sites excluding steroid dienone is 2. The topological polar surface area (TPSA) is 168 Å². The minimum atomic E-state index is -1.21. The number of esters is 2. The van der Waals surface area contributed by atoms with Gasteiger partial charge in [-0.3, -0.25) is 19.1 Å². The molecule has 0 aliphatic heterocycles. The Labute approximate surface area is 316 Å². The second-order valence-electron chi connectivity index (χ2n) is 18.7. The summed E-state index contributed by atoms with van der Waals surface area (Å²) in [6.45, 7) is 17.9. The molecule has 54 heavy (non-hydrogen) atoms. The Bertz CT molecular complexity index is 2010. The molecule has 12 heteroatoms. The number of carboxylic acids is 1. The maximum atomic E-state index is 15.0. The zero-order valence-electron chi connectivity index (χ0n) is 33.3. The van der Waals surface area contributed by atoms with Gasteiger partial charge in [0.25, 0.3) is 0 Å². The number of aromatic nitrogens is 2. The Morgan fingerprint density at radius 3 is 2.30 bits per heavy atom. The molecule has 7 rings (SSSR count). The summed E-state index contributed by atoms with van der Waals surface area (Å²) in [5.41, 5.74) is -1.54. The summed E-state index contributed by atoms with van der Waals surface area (Å²) < 4.78 is 23.3. The third kappa shape index (κ3) is 5.27. The molecule has 0 saturated heterocycles. The predicted octanol–water partition coefficient (Wildman–Crippen LogP) is 7.55. The van der Waals surface area contributed by atoms with Crippen molar-refractivity contribution in [1.29, 1.82) is 0 Å². The molecule has 4 saturated carbocycles. The molecule has 4 fully saturated rings. The number of aliphatic carboxylic acids is 1. The Kier molecular flexibility index (Phi) is 8.89. The summed E-state index contributed by atoms with van der Waals surface area (Å²) in [7, 11) is 0. The van der Waals surface area contributed by atoms with E-state index in [0.29, 0.717) is 44.2 Å². The largest absolute Gasteiger partial charge is 0.519 e. The summed E-state index contributed by atoms with van der Waals surface area (Å²) in [5, 5.41) is 15.0. The van der Waals surface area contributed by atoms with E-state index in [9.17, 15) is 24.3 Å². The Hall–Kier alpha value is -3.96. The fraction of sp³-hybridized carbons (Fsp3) is 0.714. The lowest BCUT2D eigenvalue weighted by atomic mass is 9.33. The normalized spacial score (nSPS) is 40.0. The van der Waals surface area contributed by atoms with Gasteiger partial charge in [-0.15, -0.1) is 0 Å². The number of ether oxygens (including phenoxy) is 2. The van der Waals surface area contributed by atoms with E-state index in [1.165, 1.54) is 0 Å². The lowest BCUT2D eigenvalue weighted by Gasteiger charge is -2.70. The smallest absolute Gasteiger partial charge is 0.481 e. The molecule has 5 aliphatic rings. The van der Waals surface area contributed by atoms with Gasteiger partial charge >= 0.3 is 23.7 Å². The molecule has 0 bridgehead atoms. The second-order valence-corrected chi connectivity index (χ2v) is 18.7. The van der Waals surface area contributed by atoms with Crippen LogP contribution in [0.15, 0.2) is 31.3 Å². The first-order valence-electron chi connectivity index (χ1n) is 19.7. The first-order chi connectivity index (χ1) is 25.2. The third-order valence-electron chi connectivity index (χ3n) is 16.0. The number of carboxylic acid groups (broad SMARTS) is 1. The quantitative estimate of drug-likeness (QED) is 0.278. The number of hydrogen-bond acceptors (Lipinski definition) is 10. The molecule has 294 valence electrons. The number of aryl methyl sites for hydroxylation is 2. The zero-order chi connectivity index (χ0) is 39.4. The van der Waals surface area contributed by atoms with Crippen molar-refractivity contribution in [2.45, 2.75) is 133 Å². The zero-order valence-corrected chi connectivity index (χ0v) is 33.3. The van der Waals surface area contributed by atoms with Crippen molar-refractivity contribution in [1.82, 2.24) is 9.78 Å². The number of hydrogen-bond donors (Lipinski definition) is 1. The van der Waals surface area contributed by atoms with Crippen molar-refractivity contribution >= 4 is 23.7 Å². The number of carbonyl (C=O) groups excluding carboxylic acids is 3. The molecule has 0 amide bonds. The summed E-state index contributed by atoms with van der Waals surface area (Å²) >= 11 is 0. The van der Waals surface area contributed by atoms with E-state index in [-0.39, 0.29) is 58.9 Å². The molecule has 5 aliphatic carbocycles. The molecule has 2 heterocycles. The van der Waals surface area contributed by atoms with Crippen LogP contribution >= 0.6 is 0 Å². The molecule has 12 nitrogen and oxygen atoms in total. The SMILES string of the molecule is CCOC(=O)c1cc(C)n([C@H]2CC[C@@]3(C)C(CC[C@]4(C)[C@@H]3C(=O)C=C3[C@@H]5C[C@@](C)(C(=O)O)CC[C@]5(C)CC[C@]34C)[C@]2(C)C(=O)OCc2oc(=O)oc2C)n1. The number of ketones is 1.